The molecule has 1 aromatic heterocycles. The van der Waals surface area contributed by atoms with Gasteiger partial charge >= 0.3 is 0 Å². The molecule has 26 heavy (non-hydrogen) atoms. The molecule has 1 amide bonds. The number of amides is 1. The lowest BCUT2D eigenvalue weighted by atomic mass is 9.99. The van der Waals surface area contributed by atoms with Crippen LogP contribution in [0.15, 0.2) is 24.4 Å². The van der Waals surface area contributed by atoms with Gasteiger partial charge < -0.3 is 19.7 Å². The van der Waals surface area contributed by atoms with Crippen LogP contribution in [0.3, 0.4) is 0 Å². The molecule has 0 bridgehead atoms. The highest BCUT2D eigenvalue weighted by molar-refractivity contribution is 5.92. The van der Waals surface area contributed by atoms with E-state index in [0.29, 0.717) is 30.5 Å². The highest BCUT2D eigenvalue weighted by Crippen LogP contribution is 2.33. The molecule has 2 heterocycles. The van der Waals surface area contributed by atoms with E-state index in [1.54, 1.807) is 26.5 Å². The summed E-state index contributed by atoms with van der Waals surface area (Å²) in [4.78, 5) is 23.0. The van der Waals surface area contributed by atoms with Gasteiger partial charge in [-0.15, -0.1) is 0 Å². The van der Waals surface area contributed by atoms with Crippen molar-refractivity contribution in [3.05, 3.63) is 41.2 Å². The second kappa shape index (κ2) is 8.03. The van der Waals surface area contributed by atoms with Gasteiger partial charge in [-0.3, -0.25) is 4.79 Å². The van der Waals surface area contributed by atoms with E-state index in [9.17, 15) is 4.79 Å². The maximum absolute atomic E-state index is 12.1. The first-order valence-corrected chi connectivity index (χ1v) is 8.76. The number of aromatic nitrogens is 2. The van der Waals surface area contributed by atoms with Crippen molar-refractivity contribution in [2.75, 3.05) is 32.2 Å². The Morgan fingerprint density at radius 1 is 1.23 bits per heavy atom. The van der Waals surface area contributed by atoms with Gasteiger partial charge in [-0.25, -0.2) is 9.97 Å². The highest BCUT2D eigenvalue weighted by atomic mass is 16.5. The minimum absolute atomic E-state index is 0.167. The Morgan fingerprint density at radius 3 is 2.65 bits per heavy atom. The zero-order chi connectivity index (χ0) is 18.5. The molecule has 7 heteroatoms. The van der Waals surface area contributed by atoms with Gasteiger partial charge in [0.2, 0.25) is 5.95 Å². The summed E-state index contributed by atoms with van der Waals surface area (Å²) in [6.07, 6.45) is 3.37. The molecular formula is C19H24N4O3. The topological polar surface area (TPSA) is 76.6 Å². The quantitative estimate of drug-likeness (QED) is 0.855. The molecule has 0 fully saturated rings. The summed E-state index contributed by atoms with van der Waals surface area (Å²) >= 11 is 0. The van der Waals surface area contributed by atoms with Crippen LogP contribution in [-0.2, 0) is 13.0 Å². The molecule has 7 nitrogen and oxygen atoms in total. The Hall–Kier alpha value is -2.83. The Morgan fingerprint density at radius 2 is 1.96 bits per heavy atom. The summed E-state index contributed by atoms with van der Waals surface area (Å²) in [5.74, 6) is 1.85. The zero-order valence-electron chi connectivity index (χ0n) is 15.4. The second-order valence-electron chi connectivity index (χ2n) is 6.15. The average molecular weight is 356 g/mol. The fraction of sp³-hybridized carbons (Fsp3) is 0.421. The molecule has 0 saturated heterocycles. The average Bonchev–Trinajstić information content (AvgIpc) is 2.70. The third kappa shape index (κ3) is 3.71. The minimum atomic E-state index is -0.167. The number of anilines is 1. The molecule has 1 aliphatic rings. The molecule has 1 aliphatic heterocycles. The van der Waals surface area contributed by atoms with Crippen molar-refractivity contribution in [2.45, 2.75) is 26.3 Å². The first kappa shape index (κ1) is 18.0. The van der Waals surface area contributed by atoms with Crippen LogP contribution < -0.4 is 19.7 Å². The Labute approximate surface area is 153 Å². The van der Waals surface area contributed by atoms with Gasteiger partial charge in [0.15, 0.2) is 11.5 Å². The molecule has 0 radical (unpaired) electrons. The van der Waals surface area contributed by atoms with E-state index < -0.39 is 0 Å². The minimum Gasteiger partial charge on any atom is -0.493 e. The number of rotatable bonds is 6. The number of nitrogens with one attached hydrogen (secondary N) is 1. The van der Waals surface area contributed by atoms with E-state index in [4.69, 9.17) is 9.47 Å². The number of hydrogen-bond donors (Lipinski definition) is 1. The molecule has 3 rings (SSSR count). The van der Waals surface area contributed by atoms with E-state index in [1.165, 1.54) is 5.56 Å². The standard InChI is InChI=1S/C19H24N4O3/c1-4-7-20-18(24)15-5-8-21-19(22-15)23-9-6-13-10-16(25-2)17(26-3)11-14(13)12-23/h5,8,10-11H,4,6-7,9,12H2,1-3H3,(H,20,24). The van der Waals surface area contributed by atoms with Crippen LogP contribution in [0, 0.1) is 0 Å². The van der Waals surface area contributed by atoms with Gasteiger partial charge in [0, 0.05) is 25.8 Å². The molecule has 1 N–H and O–H groups in total. The van der Waals surface area contributed by atoms with Crippen molar-refractivity contribution in [1.29, 1.82) is 0 Å². The van der Waals surface area contributed by atoms with Gasteiger partial charge in [-0.1, -0.05) is 6.92 Å². The third-order valence-corrected chi connectivity index (χ3v) is 4.41. The van der Waals surface area contributed by atoms with Crippen molar-refractivity contribution in [2.24, 2.45) is 0 Å². The van der Waals surface area contributed by atoms with Crippen LogP contribution in [0.4, 0.5) is 5.95 Å². The van der Waals surface area contributed by atoms with Crippen LogP contribution in [0.1, 0.15) is 35.0 Å². The molecular weight excluding hydrogens is 332 g/mol. The zero-order valence-corrected chi connectivity index (χ0v) is 15.4. The molecule has 0 aliphatic carbocycles. The summed E-state index contributed by atoms with van der Waals surface area (Å²) in [6.45, 7) is 4.09. The molecule has 138 valence electrons. The van der Waals surface area contributed by atoms with Gasteiger partial charge in [0.1, 0.15) is 5.69 Å². The SMILES string of the molecule is CCCNC(=O)c1ccnc(N2CCc3cc(OC)c(OC)cc3C2)n1. The smallest absolute Gasteiger partial charge is 0.270 e. The third-order valence-electron chi connectivity index (χ3n) is 4.41. The monoisotopic (exact) mass is 356 g/mol. The maximum Gasteiger partial charge on any atom is 0.270 e. The number of carbonyl (C=O) groups excluding carboxylic acids is 1. The van der Waals surface area contributed by atoms with E-state index in [2.05, 4.69) is 20.2 Å². The first-order valence-electron chi connectivity index (χ1n) is 8.76. The predicted octanol–water partition coefficient (Wildman–Crippen LogP) is 2.20. The second-order valence-corrected chi connectivity index (χ2v) is 6.15. The number of methoxy groups -OCH3 is 2. The molecule has 0 saturated carbocycles. The molecule has 1 aromatic carbocycles. The number of hydrogen-bond acceptors (Lipinski definition) is 6. The van der Waals surface area contributed by atoms with E-state index in [1.807, 2.05) is 19.1 Å². The van der Waals surface area contributed by atoms with Gasteiger partial charge in [-0.2, -0.15) is 0 Å². The number of fused-ring (bicyclic) bond motifs is 1. The van der Waals surface area contributed by atoms with Crippen LogP contribution in [0.25, 0.3) is 0 Å². The number of benzene rings is 1. The van der Waals surface area contributed by atoms with Crippen molar-refractivity contribution in [1.82, 2.24) is 15.3 Å². The summed E-state index contributed by atoms with van der Waals surface area (Å²) in [7, 11) is 3.27. The summed E-state index contributed by atoms with van der Waals surface area (Å²) in [6, 6.07) is 5.67. The Bertz CT molecular complexity index is 794. The van der Waals surface area contributed by atoms with Crippen LogP contribution in [0.2, 0.25) is 0 Å². The van der Waals surface area contributed by atoms with Crippen LogP contribution in [0.5, 0.6) is 11.5 Å². The lowest BCUT2D eigenvalue weighted by molar-refractivity contribution is 0.0948. The lowest BCUT2D eigenvalue weighted by Crippen LogP contribution is -2.33. The predicted molar refractivity (Wildman–Crippen MR) is 99.0 cm³/mol. The highest BCUT2D eigenvalue weighted by Gasteiger charge is 2.22. The van der Waals surface area contributed by atoms with E-state index in [0.717, 1.165) is 30.7 Å². The Kier molecular flexibility index (Phi) is 5.55. The van der Waals surface area contributed by atoms with Gasteiger partial charge in [0.05, 0.1) is 14.2 Å². The Balaban J connectivity index is 1.81. The number of carbonyl (C=O) groups is 1. The summed E-state index contributed by atoms with van der Waals surface area (Å²) in [5, 5.41) is 2.84. The number of nitrogens with zero attached hydrogens (tertiary/aromatic N) is 3. The van der Waals surface area contributed by atoms with Crippen molar-refractivity contribution in [3.8, 4) is 11.5 Å². The normalized spacial score (nSPS) is 13.1. The lowest BCUT2D eigenvalue weighted by Gasteiger charge is -2.29. The van der Waals surface area contributed by atoms with E-state index >= 15 is 0 Å². The van der Waals surface area contributed by atoms with Crippen molar-refractivity contribution in [3.63, 3.8) is 0 Å². The molecule has 2 aromatic rings. The summed E-state index contributed by atoms with van der Waals surface area (Å²) < 4.78 is 10.8. The molecule has 0 unspecified atom stereocenters. The fourth-order valence-corrected chi connectivity index (χ4v) is 3.01. The van der Waals surface area contributed by atoms with Gasteiger partial charge in [0.25, 0.3) is 5.91 Å². The summed E-state index contributed by atoms with van der Waals surface area (Å²) in [5.41, 5.74) is 2.77. The van der Waals surface area contributed by atoms with Crippen molar-refractivity contribution < 1.29 is 14.3 Å². The molecule has 0 spiro atoms. The largest absolute Gasteiger partial charge is 0.493 e. The van der Waals surface area contributed by atoms with Crippen LogP contribution >= 0.6 is 0 Å². The maximum atomic E-state index is 12.1. The fourth-order valence-electron chi connectivity index (χ4n) is 3.01. The first-order chi connectivity index (χ1) is 12.7. The molecule has 0 atom stereocenters. The van der Waals surface area contributed by atoms with Gasteiger partial charge in [-0.05, 0) is 42.2 Å². The van der Waals surface area contributed by atoms with E-state index in [-0.39, 0.29) is 5.91 Å². The van der Waals surface area contributed by atoms with Crippen molar-refractivity contribution >= 4 is 11.9 Å². The number of ether oxygens (including phenoxy) is 2. The van der Waals surface area contributed by atoms with Crippen LogP contribution in [-0.4, -0.2) is 43.2 Å².